The highest BCUT2D eigenvalue weighted by Gasteiger charge is 2.34. The summed E-state index contributed by atoms with van der Waals surface area (Å²) in [6, 6.07) is 2.59. The molecule has 0 bridgehead atoms. The van der Waals surface area contributed by atoms with Gasteiger partial charge in [0, 0.05) is 25.7 Å². The molecule has 0 amide bonds. The molecule has 0 saturated carbocycles. The molecular weight excluding hydrogens is 331 g/mol. The quantitative estimate of drug-likeness (QED) is 0.827. The number of anilines is 1. The lowest BCUT2D eigenvalue weighted by Gasteiger charge is -2.25. The predicted octanol–water partition coefficient (Wildman–Crippen LogP) is 3.76. The number of alkyl halides is 3. The zero-order valence-electron chi connectivity index (χ0n) is 13.8. The van der Waals surface area contributed by atoms with Crippen LogP contribution >= 0.6 is 0 Å². The Morgan fingerprint density at radius 3 is 2.64 bits per heavy atom. The first-order chi connectivity index (χ1) is 12.0. The summed E-state index contributed by atoms with van der Waals surface area (Å²) in [4.78, 5) is 6.12. The molecule has 1 fully saturated rings. The van der Waals surface area contributed by atoms with E-state index >= 15 is 0 Å². The van der Waals surface area contributed by atoms with Crippen molar-refractivity contribution < 1.29 is 13.2 Å². The van der Waals surface area contributed by atoms with E-state index in [1.54, 1.807) is 0 Å². The number of aryl methyl sites for hydroxylation is 1. The minimum atomic E-state index is -4.36. The van der Waals surface area contributed by atoms with Crippen LogP contribution < -0.4 is 4.90 Å². The van der Waals surface area contributed by atoms with Crippen LogP contribution in [0.5, 0.6) is 0 Å². The van der Waals surface area contributed by atoms with Gasteiger partial charge in [-0.05, 0) is 37.8 Å². The smallest absolute Gasteiger partial charge is 0.346 e. The highest BCUT2D eigenvalue weighted by atomic mass is 19.4. The third-order valence-corrected chi connectivity index (χ3v) is 5.06. The van der Waals surface area contributed by atoms with Gasteiger partial charge in [-0.25, -0.2) is 4.98 Å². The topological polar surface area (TPSA) is 46.8 Å². The molecule has 25 heavy (non-hydrogen) atoms. The van der Waals surface area contributed by atoms with Gasteiger partial charge in [0.25, 0.3) is 0 Å². The second-order valence-corrected chi connectivity index (χ2v) is 6.69. The van der Waals surface area contributed by atoms with E-state index in [9.17, 15) is 13.2 Å². The summed E-state index contributed by atoms with van der Waals surface area (Å²) in [7, 11) is 0. The first-order valence-electron chi connectivity index (χ1n) is 8.76. The van der Waals surface area contributed by atoms with E-state index in [1.165, 1.54) is 12.5 Å². The van der Waals surface area contributed by atoms with Crippen LogP contribution in [0.2, 0.25) is 0 Å². The minimum Gasteiger partial charge on any atom is -0.346 e. The molecule has 4 rings (SSSR count). The van der Waals surface area contributed by atoms with E-state index in [1.807, 2.05) is 0 Å². The Bertz CT molecular complexity index is 738. The Morgan fingerprint density at radius 2 is 1.88 bits per heavy atom. The fourth-order valence-electron chi connectivity index (χ4n) is 3.79. The van der Waals surface area contributed by atoms with E-state index in [2.05, 4.69) is 24.6 Å². The van der Waals surface area contributed by atoms with Crippen molar-refractivity contribution in [1.82, 2.24) is 19.7 Å². The van der Waals surface area contributed by atoms with Gasteiger partial charge in [-0.1, -0.05) is 6.42 Å². The first kappa shape index (κ1) is 16.4. The third kappa shape index (κ3) is 3.09. The lowest BCUT2D eigenvalue weighted by atomic mass is 10.2. The number of pyridine rings is 1. The molecule has 2 aliphatic heterocycles. The highest BCUT2D eigenvalue weighted by Crippen LogP contribution is 2.36. The van der Waals surface area contributed by atoms with Crippen LogP contribution in [0.25, 0.3) is 0 Å². The van der Waals surface area contributed by atoms with Crippen molar-refractivity contribution in [2.75, 3.05) is 11.4 Å². The van der Waals surface area contributed by atoms with E-state index in [4.69, 9.17) is 0 Å². The molecule has 5 nitrogen and oxygen atoms in total. The number of aromatic nitrogens is 4. The molecule has 0 spiro atoms. The molecule has 4 heterocycles. The zero-order valence-corrected chi connectivity index (χ0v) is 13.8. The van der Waals surface area contributed by atoms with Crippen LogP contribution in [-0.4, -0.2) is 26.3 Å². The van der Waals surface area contributed by atoms with Gasteiger partial charge in [-0.15, -0.1) is 10.2 Å². The van der Waals surface area contributed by atoms with Crippen LogP contribution in [0, 0.1) is 0 Å². The lowest BCUT2D eigenvalue weighted by molar-refractivity contribution is -0.137. The maximum Gasteiger partial charge on any atom is 0.417 e. The summed E-state index contributed by atoms with van der Waals surface area (Å²) in [5.74, 6) is 2.53. The van der Waals surface area contributed by atoms with Crippen molar-refractivity contribution in [2.24, 2.45) is 0 Å². The maximum absolute atomic E-state index is 12.7. The number of rotatable bonds is 2. The Labute approximate surface area is 143 Å². The normalized spacial score (nSPS) is 21.2. The fraction of sp³-hybridized carbons (Fsp3) is 0.588. The fourth-order valence-corrected chi connectivity index (χ4v) is 3.79. The average molecular weight is 351 g/mol. The summed E-state index contributed by atoms with van der Waals surface area (Å²) < 4.78 is 40.5. The second-order valence-electron chi connectivity index (χ2n) is 6.69. The molecule has 0 aliphatic carbocycles. The Balaban J connectivity index is 1.62. The van der Waals surface area contributed by atoms with Gasteiger partial charge in [0.1, 0.15) is 11.6 Å². The maximum atomic E-state index is 12.7. The molecule has 1 atom stereocenters. The van der Waals surface area contributed by atoms with E-state index in [0.29, 0.717) is 5.82 Å². The van der Waals surface area contributed by atoms with Crippen LogP contribution in [0.3, 0.4) is 0 Å². The van der Waals surface area contributed by atoms with E-state index < -0.39 is 11.7 Å². The van der Waals surface area contributed by atoms with Gasteiger partial charge in [0.15, 0.2) is 5.82 Å². The van der Waals surface area contributed by atoms with Crippen molar-refractivity contribution in [1.29, 1.82) is 0 Å². The number of halogens is 3. The summed E-state index contributed by atoms with van der Waals surface area (Å²) >= 11 is 0. The van der Waals surface area contributed by atoms with Crippen LogP contribution in [0.1, 0.15) is 55.4 Å². The Hall–Kier alpha value is -2.12. The van der Waals surface area contributed by atoms with Gasteiger partial charge in [0.2, 0.25) is 0 Å². The molecule has 1 saturated heterocycles. The minimum absolute atomic E-state index is 0.0311. The number of fused-ring (bicyclic) bond motifs is 1. The number of hydrogen-bond donors (Lipinski definition) is 0. The molecule has 2 aliphatic rings. The zero-order chi connectivity index (χ0) is 17.4. The first-order valence-corrected chi connectivity index (χ1v) is 8.76. The van der Waals surface area contributed by atoms with Crippen LogP contribution in [0.4, 0.5) is 19.0 Å². The SMILES string of the molecule is FC(F)(F)c1ccc(N2CCC[C@@H]2c2nnc3n2CCCCC3)nc1. The van der Waals surface area contributed by atoms with Gasteiger partial charge in [-0.3, -0.25) is 0 Å². The predicted molar refractivity (Wildman–Crippen MR) is 86.1 cm³/mol. The summed E-state index contributed by atoms with van der Waals surface area (Å²) in [5, 5.41) is 8.77. The molecule has 134 valence electrons. The van der Waals surface area contributed by atoms with Gasteiger partial charge >= 0.3 is 6.18 Å². The molecule has 0 aromatic carbocycles. The number of nitrogens with zero attached hydrogens (tertiary/aromatic N) is 5. The summed E-state index contributed by atoms with van der Waals surface area (Å²) in [5.41, 5.74) is -0.719. The van der Waals surface area contributed by atoms with Gasteiger partial charge in [0.05, 0.1) is 11.6 Å². The highest BCUT2D eigenvalue weighted by molar-refractivity contribution is 5.43. The molecule has 2 aromatic heterocycles. The van der Waals surface area contributed by atoms with Crippen LogP contribution in [0.15, 0.2) is 18.3 Å². The molecule has 8 heteroatoms. The third-order valence-electron chi connectivity index (χ3n) is 5.06. The van der Waals surface area contributed by atoms with Crippen molar-refractivity contribution in [3.05, 3.63) is 35.5 Å². The largest absolute Gasteiger partial charge is 0.417 e. The molecular formula is C17H20F3N5. The van der Waals surface area contributed by atoms with E-state index in [0.717, 1.165) is 69.1 Å². The lowest BCUT2D eigenvalue weighted by Crippen LogP contribution is -2.26. The average Bonchev–Trinajstić information content (AvgIpc) is 3.15. The van der Waals surface area contributed by atoms with E-state index in [-0.39, 0.29) is 6.04 Å². The molecule has 0 radical (unpaired) electrons. The van der Waals surface area contributed by atoms with Crippen LogP contribution in [-0.2, 0) is 19.1 Å². The Kier molecular flexibility index (Phi) is 4.13. The second kappa shape index (κ2) is 6.31. The van der Waals surface area contributed by atoms with Crippen molar-refractivity contribution in [3.8, 4) is 0 Å². The summed E-state index contributed by atoms with van der Waals surface area (Å²) in [6.45, 7) is 1.69. The van der Waals surface area contributed by atoms with Crippen molar-refractivity contribution >= 4 is 5.82 Å². The van der Waals surface area contributed by atoms with Crippen molar-refractivity contribution in [2.45, 2.75) is 57.3 Å². The molecule has 0 unspecified atom stereocenters. The van der Waals surface area contributed by atoms with Gasteiger partial charge in [-0.2, -0.15) is 13.2 Å². The Morgan fingerprint density at radius 1 is 1.00 bits per heavy atom. The standard InChI is InChI=1S/C17H20F3N5/c18-17(19,20)12-7-8-14(21-11-12)24-10-4-5-13(24)16-23-22-15-6-2-1-3-9-25(15)16/h7-8,11,13H,1-6,9-10H2/t13-/m1/s1. The monoisotopic (exact) mass is 351 g/mol. The molecule has 0 N–H and O–H groups in total. The van der Waals surface area contributed by atoms with Gasteiger partial charge < -0.3 is 9.47 Å². The van der Waals surface area contributed by atoms with Crippen molar-refractivity contribution in [3.63, 3.8) is 0 Å². The molecule has 2 aromatic rings. The number of hydrogen-bond acceptors (Lipinski definition) is 4. The summed E-state index contributed by atoms with van der Waals surface area (Å²) in [6.07, 6.45) is 2.82.